The zero-order chi connectivity index (χ0) is 13.0. The molecule has 0 spiro atoms. The van der Waals surface area contributed by atoms with Gasteiger partial charge in [0.15, 0.2) is 0 Å². The van der Waals surface area contributed by atoms with Crippen molar-refractivity contribution in [1.29, 1.82) is 0 Å². The molecular weight excluding hydrogens is 297 g/mol. The number of carbonyl (C=O) groups excluding carboxylic acids is 1. The van der Waals surface area contributed by atoms with Gasteiger partial charge in [-0.2, -0.15) is 0 Å². The fourth-order valence-electron chi connectivity index (χ4n) is 2.24. The van der Waals surface area contributed by atoms with Crippen LogP contribution in [0.5, 0.6) is 0 Å². The number of amides is 1. The Morgan fingerprint density at radius 1 is 1.72 bits per heavy atom. The van der Waals surface area contributed by atoms with Crippen molar-refractivity contribution in [1.82, 2.24) is 4.90 Å². The molecule has 0 aromatic carbocycles. The summed E-state index contributed by atoms with van der Waals surface area (Å²) >= 11 is 6.15. The Bertz CT molecular complexity index is 438. The standard InChI is InChI=1S/C11H15NO3S2.K/c1-4-6-7(8(14)16)12-9(15)11(3,5(2)13)10(12)17-6;/h5,10,13H,4H2,1-3H3,(H,14,16);/q;+1/p-1/t5?,10-,11+;/m1./s1. The van der Waals surface area contributed by atoms with Crippen LogP contribution in [0.2, 0.25) is 0 Å². The van der Waals surface area contributed by atoms with Gasteiger partial charge in [0.2, 0.25) is 5.91 Å². The summed E-state index contributed by atoms with van der Waals surface area (Å²) in [7, 11) is 0. The van der Waals surface area contributed by atoms with E-state index < -0.39 is 16.6 Å². The Morgan fingerprint density at radius 3 is 2.67 bits per heavy atom. The zero-order valence-corrected chi connectivity index (χ0v) is 15.6. The van der Waals surface area contributed by atoms with E-state index in [4.69, 9.17) is 0 Å². The van der Waals surface area contributed by atoms with E-state index in [9.17, 15) is 15.0 Å². The van der Waals surface area contributed by atoms with Gasteiger partial charge in [0.25, 0.3) is 0 Å². The maximum absolute atomic E-state index is 12.1. The molecule has 0 aromatic rings. The van der Waals surface area contributed by atoms with Gasteiger partial charge in [0.1, 0.15) is 10.8 Å². The second-order valence-electron chi connectivity index (χ2n) is 4.52. The molecule has 18 heavy (non-hydrogen) atoms. The average molecular weight is 311 g/mol. The molecule has 2 aliphatic heterocycles. The van der Waals surface area contributed by atoms with Crippen molar-refractivity contribution in [2.75, 3.05) is 0 Å². The SMILES string of the molecule is CCC1=C(C([O-])=S)N2C(=O)[C@](C)(C(C)O)[C@H]2S1.[K+]. The third-order valence-electron chi connectivity index (χ3n) is 3.57. The Morgan fingerprint density at radius 2 is 2.28 bits per heavy atom. The second-order valence-corrected chi connectivity index (χ2v) is 6.06. The predicted molar refractivity (Wildman–Crippen MR) is 67.9 cm³/mol. The van der Waals surface area contributed by atoms with Gasteiger partial charge in [-0.3, -0.25) is 9.69 Å². The molecule has 7 heteroatoms. The molecule has 0 radical (unpaired) electrons. The molecular formula is C11H14KNO3S2. The van der Waals surface area contributed by atoms with Gasteiger partial charge in [0.05, 0.1) is 11.8 Å². The number of thiocarbonyl (C=S) groups is 1. The van der Waals surface area contributed by atoms with Crippen LogP contribution in [0.3, 0.4) is 0 Å². The molecule has 1 fully saturated rings. The summed E-state index contributed by atoms with van der Waals surface area (Å²) < 4.78 is 0. The van der Waals surface area contributed by atoms with E-state index in [-0.39, 0.29) is 62.7 Å². The van der Waals surface area contributed by atoms with Crippen LogP contribution in [0.15, 0.2) is 10.6 Å². The molecule has 0 bridgehead atoms. The Balaban J connectivity index is 0.00000162. The van der Waals surface area contributed by atoms with E-state index in [0.717, 1.165) is 4.91 Å². The van der Waals surface area contributed by atoms with Gasteiger partial charge < -0.3 is 10.2 Å². The largest absolute Gasteiger partial charge is 1.00 e. The second kappa shape index (κ2) is 5.81. The summed E-state index contributed by atoms with van der Waals surface area (Å²) in [6, 6.07) is 0. The van der Waals surface area contributed by atoms with E-state index in [1.54, 1.807) is 13.8 Å². The third-order valence-corrected chi connectivity index (χ3v) is 5.45. The van der Waals surface area contributed by atoms with Gasteiger partial charge in [-0.05, 0) is 25.3 Å². The number of carbonyl (C=O) groups is 1. The fourth-order valence-corrected chi connectivity index (χ4v) is 4.11. The number of rotatable bonds is 3. The molecule has 0 aliphatic carbocycles. The molecule has 2 rings (SSSR count). The first-order valence-corrected chi connectivity index (χ1v) is 6.77. The van der Waals surface area contributed by atoms with Crippen molar-refractivity contribution < 1.29 is 66.4 Å². The minimum absolute atomic E-state index is 0. The molecule has 2 aliphatic rings. The van der Waals surface area contributed by atoms with Crippen molar-refractivity contribution >= 4 is 34.9 Å². The van der Waals surface area contributed by atoms with Crippen LogP contribution in [0.4, 0.5) is 0 Å². The van der Waals surface area contributed by atoms with Gasteiger partial charge >= 0.3 is 51.4 Å². The van der Waals surface area contributed by atoms with Gasteiger partial charge in [0, 0.05) is 4.91 Å². The van der Waals surface area contributed by atoms with Crippen molar-refractivity contribution in [3.8, 4) is 0 Å². The predicted octanol–water partition coefficient (Wildman–Crippen LogP) is -2.40. The molecule has 3 atom stereocenters. The number of β-lactam (4-membered cyclic amide) rings is 1. The van der Waals surface area contributed by atoms with Gasteiger partial charge in [-0.15, -0.1) is 11.8 Å². The molecule has 0 saturated carbocycles. The van der Waals surface area contributed by atoms with Crippen LogP contribution in [0, 0.1) is 5.41 Å². The molecule has 1 N–H and O–H groups in total. The summed E-state index contributed by atoms with van der Waals surface area (Å²) in [5.74, 6) is -0.207. The van der Waals surface area contributed by atoms with Crippen molar-refractivity contribution in [3.63, 3.8) is 0 Å². The van der Waals surface area contributed by atoms with Crippen LogP contribution in [0.25, 0.3) is 0 Å². The molecule has 1 amide bonds. The summed E-state index contributed by atoms with van der Waals surface area (Å²) in [6.45, 7) is 5.27. The quantitative estimate of drug-likeness (QED) is 0.358. The molecule has 4 nitrogen and oxygen atoms in total. The summed E-state index contributed by atoms with van der Waals surface area (Å²) in [6.07, 6.45) is -0.0557. The van der Waals surface area contributed by atoms with E-state index >= 15 is 0 Å². The smallest absolute Gasteiger partial charge is 0.863 e. The Hall–Kier alpha value is 1.05. The molecule has 2 heterocycles. The monoisotopic (exact) mass is 311 g/mol. The maximum atomic E-state index is 12.1. The molecule has 0 aromatic heterocycles. The minimum Gasteiger partial charge on any atom is -0.863 e. The molecule has 1 unspecified atom stereocenters. The van der Waals surface area contributed by atoms with Crippen LogP contribution >= 0.6 is 24.0 Å². The number of aliphatic hydroxyl groups excluding tert-OH is 1. The van der Waals surface area contributed by atoms with Crippen molar-refractivity contribution in [2.24, 2.45) is 5.41 Å². The Labute approximate surface area is 159 Å². The fraction of sp³-hybridized carbons (Fsp3) is 0.636. The molecule has 94 valence electrons. The number of hydrogen-bond donors (Lipinski definition) is 1. The van der Waals surface area contributed by atoms with Crippen LogP contribution in [-0.2, 0) is 4.79 Å². The van der Waals surface area contributed by atoms with E-state index in [0.29, 0.717) is 12.1 Å². The number of aliphatic hydroxyl groups is 1. The first-order valence-electron chi connectivity index (χ1n) is 5.48. The number of allylic oxidation sites excluding steroid dienone is 1. The zero-order valence-electron chi connectivity index (χ0n) is 10.9. The first kappa shape index (κ1) is 17.1. The number of fused-ring (bicyclic) bond motifs is 1. The van der Waals surface area contributed by atoms with Crippen LogP contribution < -0.4 is 56.5 Å². The van der Waals surface area contributed by atoms with Crippen molar-refractivity contribution in [2.45, 2.75) is 38.7 Å². The number of thioether (sulfide) groups is 1. The molecule has 1 saturated heterocycles. The van der Waals surface area contributed by atoms with Crippen LogP contribution in [0.1, 0.15) is 27.2 Å². The minimum atomic E-state index is -0.808. The Kier molecular flexibility index (Phi) is 5.52. The third kappa shape index (κ3) is 2.16. The van der Waals surface area contributed by atoms with Crippen LogP contribution in [-0.4, -0.2) is 32.4 Å². The summed E-state index contributed by atoms with van der Waals surface area (Å²) in [4.78, 5) is 14.4. The average Bonchev–Trinajstić information content (AvgIpc) is 2.63. The van der Waals surface area contributed by atoms with Crippen molar-refractivity contribution in [3.05, 3.63) is 10.6 Å². The topological polar surface area (TPSA) is 63.6 Å². The van der Waals surface area contributed by atoms with Gasteiger partial charge in [-0.25, -0.2) is 0 Å². The maximum Gasteiger partial charge on any atom is 1.00 e. The van der Waals surface area contributed by atoms with E-state index in [2.05, 4.69) is 12.2 Å². The summed E-state index contributed by atoms with van der Waals surface area (Å²) in [5, 5.41) is 20.5. The number of nitrogens with zero attached hydrogens (tertiary/aromatic N) is 1. The number of hydrogen-bond acceptors (Lipinski definition) is 5. The van der Waals surface area contributed by atoms with E-state index in [1.807, 2.05) is 6.92 Å². The van der Waals surface area contributed by atoms with Gasteiger partial charge in [-0.1, -0.05) is 19.1 Å². The normalized spacial score (nSPS) is 31.7. The summed E-state index contributed by atoms with van der Waals surface area (Å²) in [5.41, 5.74) is -0.460. The van der Waals surface area contributed by atoms with E-state index in [1.165, 1.54) is 16.7 Å². The first-order chi connectivity index (χ1) is 7.85.